The molecule has 2 aromatic heterocycles. The molecule has 0 saturated carbocycles. The molecular formula is C22H24N4O4S. The number of rotatable bonds is 8. The molecule has 1 saturated heterocycles. The van der Waals surface area contributed by atoms with Crippen LogP contribution in [0, 0.1) is 0 Å². The topological polar surface area (TPSA) is 96.7 Å². The Labute approximate surface area is 184 Å². The number of nitrogens with zero attached hydrogens (tertiary/aromatic N) is 2. The van der Waals surface area contributed by atoms with Gasteiger partial charge in [-0.05, 0) is 17.7 Å². The van der Waals surface area contributed by atoms with Gasteiger partial charge in [-0.2, -0.15) is 0 Å². The average Bonchev–Trinajstić information content (AvgIpc) is 3.47. The van der Waals surface area contributed by atoms with E-state index in [1.165, 1.54) is 17.6 Å². The number of hydrogen-bond acceptors (Lipinski definition) is 7. The summed E-state index contributed by atoms with van der Waals surface area (Å²) in [5.41, 5.74) is 1.67. The van der Waals surface area contributed by atoms with Gasteiger partial charge in [0.25, 0.3) is 5.91 Å². The summed E-state index contributed by atoms with van der Waals surface area (Å²) in [4.78, 5) is 31.5. The Morgan fingerprint density at radius 2 is 1.94 bits per heavy atom. The summed E-state index contributed by atoms with van der Waals surface area (Å²) < 4.78 is 10.5. The molecule has 0 aliphatic carbocycles. The zero-order valence-electron chi connectivity index (χ0n) is 17.0. The fourth-order valence-electron chi connectivity index (χ4n) is 3.38. The van der Waals surface area contributed by atoms with E-state index in [-0.39, 0.29) is 30.0 Å². The minimum absolute atomic E-state index is 0.115. The highest BCUT2D eigenvalue weighted by atomic mass is 32.1. The van der Waals surface area contributed by atoms with Crippen molar-refractivity contribution in [3.05, 3.63) is 71.1 Å². The second-order valence-corrected chi connectivity index (χ2v) is 8.05. The molecule has 9 heteroatoms. The van der Waals surface area contributed by atoms with E-state index < -0.39 is 0 Å². The summed E-state index contributed by atoms with van der Waals surface area (Å²) in [5, 5.41) is 8.03. The van der Waals surface area contributed by atoms with Crippen molar-refractivity contribution < 1.29 is 18.7 Å². The predicted molar refractivity (Wildman–Crippen MR) is 117 cm³/mol. The molecule has 4 rings (SSSR count). The van der Waals surface area contributed by atoms with Crippen LogP contribution in [0.4, 0.5) is 5.13 Å². The van der Waals surface area contributed by atoms with Crippen LogP contribution in [-0.2, 0) is 16.0 Å². The van der Waals surface area contributed by atoms with Crippen molar-refractivity contribution in [1.29, 1.82) is 0 Å². The van der Waals surface area contributed by atoms with Gasteiger partial charge in [0.1, 0.15) is 0 Å². The lowest BCUT2D eigenvalue weighted by Gasteiger charge is -2.31. The highest BCUT2D eigenvalue weighted by Crippen LogP contribution is 2.19. The van der Waals surface area contributed by atoms with Gasteiger partial charge >= 0.3 is 0 Å². The fourth-order valence-corrected chi connectivity index (χ4v) is 4.09. The first-order valence-corrected chi connectivity index (χ1v) is 11.0. The van der Waals surface area contributed by atoms with Crippen molar-refractivity contribution in [1.82, 2.24) is 15.2 Å². The number of thiazole rings is 1. The number of carbonyl (C=O) groups is 2. The number of amides is 2. The normalized spacial score (nSPS) is 15.4. The maximum absolute atomic E-state index is 12.8. The van der Waals surface area contributed by atoms with E-state index in [0.29, 0.717) is 24.0 Å². The van der Waals surface area contributed by atoms with E-state index >= 15 is 0 Å². The Bertz CT molecular complexity index is 984. The van der Waals surface area contributed by atoms with Crippen molar-refractivity contribution in [2.24, 2.45) is 0 Å². The van der Waals surface area contributed by atoms with Gasteiger partial charge in [-0.15, -0.1) is 11.3 Å². The first-order valence-electron chi connectivity index (χ1n) is 10.1. The molecule has 0 spiro atoms. The third-order valence-corrected chi connectivity index (χ3v) is 5.75. The van der Waals surface area contributed by atoms with Gasteiger partial charge in [0, 0.05) is 25.0 Å². The van der Waals surface area contributed by atoms with Crippen LogP contribution >= 0.6 is 11.3 Å². The van der Waals surface area contributed by atoms with E-state index in [1.54, 1.807) is 17.5 Å². The van der Waals surface area contributed by atoms with E-state index in [0.717, 1.165) is 25.2 Å². The fraction of sp³-hybridized carbons (Fsp3) is 0.318. The molecule has 1 aliphatic rings. The van der Waals surface area contributed by atoms with Gasteiger partial charge in [-0.1, -0.05) is 30.3 Å². The second kappa shape index (κ2) is 10.3. The van der Waals surface area contributed by atoms with Gasteiger partial charge in [-0.3, -0.25) is 19.8 Å². The van der Waals surface area contributed by atoms with Gasteiger partial charge < -0.3 is 14.5 Å². The van der Waals surface area contributed by atoms with Crippen LogP contribution in [0.5, 0.6) is 0 Å². The lowest BCUT2D eigenvalue weighted by Crippen LogP contribution is -2.43. The van der Waals surface area contributed by atoms with E-state index in [1.807, 2.05) is 30.3 Å². The van der Waals surface area contributed by atoms with Gasteiger partial charge in [0.15, 0.2) is 10.9 Å². The first-order chi connectivity index (χ1) is 15.2. The molecule has 1 fully saturated rings. The van der Waals surface area contributed by atoms with Crippen LogP contribution in [0.1, 0.15) is 27.9 Å². The number of benzene rings is 1. The van der Waals surface area contributed by atoms with Crippen molar-refractivity contribution >= 4 is 28.3 Å². The Morgan fingerprint density at radius 3 is 2.68 bits per heavy atom. The molecule has 3 aromatic rings. The molecule has 2 N–H and O–H groups in total. The van der Waals surface area contributed by atoms with E-state index in [2.05, 4.69) is 20.5 Å². The highest BCUT2D eigenvalue weighted by Gasteiger charge is 2.21. The summed E-state index contributed by atoms with van der Waals surface area (Å²) in [5.74, 6) is -0.273. The molecule has 1 aromatic carbocycles. The molecule has 31 heavy (non-hydrogen) atoms. The third-order valence-electron chi connectivity index (χ3n) is 4.94. The maximum atomic E-state index is 12.8. The molecule has 0 radical (unpaired) electrons. The van der Waals surface area contributed by atoms with Crippen molar-refractivity contribution in [3.8, 4) is 0 Å². The minimum Gasteiger partial charge on any atom is -0.459 e. The molecular weight excluding hydrogens is 416 g/mol. The Balaban J connectivity index is 1.36. The van der Waals surface area contributed by atoms with Crippen LogP contribution in [-0.4, -0.2) is 54.5 Å². The highest BCUT2D eigenvalue weighted by molar-refractivity contribution is 7.14. The van der Waals surface area contributed by atoms with Gasteiger partial charge in [0.2, 0.25) is 5.91 Å². The minimum atomic E-state index is -0.370. The van der Waals surface area contributed by atoms with Crippen LogP contribution in [0.25, 0.3) is 0 Å². The molecule has 1 unspecified atom stereocenters. The first kappa shape index (κ1) is 21.2. The molecule has 1 aliphatic heterocycles. The number of ether oxygens (including phenoxy) is 1. The third kappa shape index (κ3) is 6.00. The Morgan fingerprint density at radius 1 is 1.13 bits per heavy atom. The second-order valence-electron chi connectivity index (χ2n) is 7.20. The zero-order chi connectivity index (χ0) is 21.5. The zero-order valence-corrected chi connectivity index (χ0v) is 17.8. The number of nitrogens with one attached hydrogen (secondary N) is 2. The van der Waals surface area contributed by atoms with E-state index in [4.69, 9.17) is 9.15 Å². The monoisotopic (exact) mass is 440 g/mol. The summed E-state index contributed by atoms with van der Waals surface area (Å²) in [7, 11) is 0. The largest absolute Gasteiger partial charge is 0.459 e. The lowest BCUT2D eigenvalue weighted by molar-refractivity contribution is -0.121. The predicted octanol–water partition coefficient (Wildman–Crippen LogP) is 2.72. The molecule has 2 amide bonds. The average molecular weight is 441 g/mol. The van der Waals surface area contributed by atoms with Crippen molar-refractivity contribution in [3.63, 3.8) is 0 Å². The number of anilines is 1. The number of aromatic nitrogens is 1. The molecule has 162 valence electrons. The molecule has 0 bridgehead atoms. The van der Waals surface area contributed by atoms with Crippen LogP contribution in [0.3, 0.4) is 0 Å². The van der Waals surface area contributed by atoms with Gasteiger partial charge in [-0.25, -0.2) is 4.98 Å². The Kier molecular flexibility index (Phi) is 7.08. The maximum Gasteiger partial charge on any atom is 0.293 e. The number of furan rings is 1. The molecule has 3 heterocycles. The number of morpholine rings is 1. The van der Waals surface area contributed by atoms with E-state index in [9.17, 15) is 9.59 Å². The summed E-state index contributed by atoms with van der Waals surface area (Å²) >= 11 is 1.27. The van der Waals surface area contributed by atoms with Crippen LogP contribution < -0.4 is 10.6 Å². The van der Waals surface area contributed by atoms with Crippen molar-refractivity contribution in [2.45, 2.75) is 12.5 Å². The molecule has 1 atom stereocenters. The standard InChI is InChI=1S/C22H24N4O4S/c27-20(13-17-15-31-22(23-17)25-21(28)19-7-4-10-30-19)24-18(16-5-2-1-3-6-16)14-26-8-11-29-12-9-26/h1-7,10,15,18H,8-9,11-14H2,(H,24,27)(H,23,25,28). The number of carbonyl (C=O) groups excluding carboxylic acids is 2. The lowest BCUT2D eigenvalue weighted by atomic mass is 10.1. The summed E-state index contributed by atoms with van der Waals surface area (Å²) in [6.07, 6.45) is 1.58. The van der Waals surface area contributed by atoms with Gasteiger partial charge in [0.05, 0.1) is 37.6 Å². The Hall–Kier alpha value is -3.01. The molecule has 8 nitrogen and oxygen atoms in total. The quantitative estimate of drug-likeness (QED) is 0.559. The van der Waals surface area contributed by atoms with Crippen LogP contribution in [0.15, 0.2) is 58.5 Å². The number of hydrogen-bond donors (Lipinski definition) is 2. The SMILES string of the molecule is O=C(Cc1csc(NC(=O)c2ccco2)n1)NC(CN1CCOCC1)c1ccccc1. The smallest absolute Gasteiger partial charge is 0.293 e. The van der Waals surface area contributed by atoms with Crippen molar-refractivity contribution in [2.75, 3.05) is 38.2 Å². The van der Waals surface area contributed by atoms with Crippen LogP contribution in [0.2, 0.25) is 0 Å². The summed E-state index contributed by atoms with van der Waals surface area (Å²) in [6, 6.07) is 13.1. The summed E-state index contributed by atoms with van der Waals surface area (Å²) in [6.45, 7) is 3.84.